The van der Waals surface area contributed by atoms with E-state index >= 15 is 0 Å². The predicted octanol–water partition coefficient (Wildman–Crippen LogP) is 2.64. The van der Waals surface area contributed by atoms with Gasteiger partial charge in [0, 0.05) is 18.5 Å². The highest BCUT2D eigenvalue weighted by Gasteiger charge is 2.10. The van der Waals surface area contributed by atoms with Gasteiger partial charge in [0.25, 0.3) is 5.91 Å². The highest BCUT2D eigenvalue weighted by molar-refractivity contribution is 7.99. The van der Waals surface area contributed by atoms with Crippen LogP contribution < -0.4 is 5.32 Å². The Hall–Kier alpha value is -1.75. The Morgan fingerprint density at radius 2 is 2.10 bits per heavy atom. The lowest BCUT2D eigenvalue weighted by Crippen LogP contribution is -2.26. The number of hydrogen-bond acceptors (Lipinski definition) is 3. The van der Waals surface area contributed by atoms with E-state index in [-0.39, 0.29) is 5.91 Å². The lowest BCUT2D eigenvalue weighted by molar-refractivity contribution is 0.0944. The molecular weight excluding hydrogens is 270 g/mol. The Bertz CT molecular complexity index is 566. The minimum atomic E-state index is -0.0576. The molecule has 1 aromatic heterocycles. The second-order valence-corrected chi connectivity index (χ2v) is 5.73. The van der Waals surface area contributed by atoms with Gasteiger partial charge in [-0.1, -0.05) is 18.2 Å². The van der Waals surface area contributed by atoms with Crippen molar-refractivity contribution in [2.24, 2.45) is 7.05 Å². The summed E-state index contributed by atoms with van der Waals surface area (Å²) in [6.07, 6.45) is 0.947. The summed E-state index contributed by atoms with van der Waals surface area (Å²) in [5.74, 6) is 0.937. The molecule has 5 heteroatoms. The summed E-state index contributed by atoms with van der Waals surface area (Å²) in [4.78, 5) is 13.2. The average molecular weight is 289 g/mol. The fourth-order valence-corrected chi connectivity index (χ4v) is 2.77. The summed E-state index contributed by atoms with van der Waals surface area (Å²) in [5, 5.41) is 7.09. The lowest BCUT2D eigenvalue weighted by atomic mass is 10.3. The quantitative estimate of drug-likeness (QED) is 0.657. The monoisotopic (exact) mass is 289 g/mol. The van der Waals surface area contributed by atoms with Crippen molar-refractivity contribution >= 4 is 17.7 Å². The Morgan fingerprint density at radius 1 is 1.35 bits per heavy atom. The molecular formula is C15H19N3OS. The van der Waals surface area contributed by atoms with Crippen molar-refractivity contribution in [3.8, 4) is 0 Å². The van der Waals surface area contributed by atoms with Crippen LogP contribution in [-0.2, 0) is 7.05 Å². The molecule has 0 atom stereocenters. The third kappa shape index (κ3) is 4.13. The van der Waals surface area contributed by atoms with Crippen LogP contribution in [0.4, 0.5) is 0 Å². The summed E-state index contributed by atoms with van der Waals surface area (Å²) in [6, 6.07) is 12.1. The first-order valence-corrected chi connectivity index (χ1v) is 7.62. The fraction of sp³-hybridized carbons (Fsp3) is 0.333. The molecule has 2 rings (SSSR count). The molecule has 0 spiro atoms. The van der Waals surface area contributed by atoms with Gasteiger partial charge in [0.05, 0.1) is 5.69 Å². The summed E-state index contributed by atoms with van der Waals surface area (Å²) in [5.41, 5.74) is 1.47. The van der Waals surface area contributed by atoms with Gasteiger partial charge in [-0.05, 0) is 37.3 Å². The summed E-state index contributed by atoms with van der Waals surface area (Å²) in [7, 11) is 1.78. The Morgan fingerprint density at radius 3 is 2.75 bits per heavy atom. The number of aryl methyl sites for hydroxylation is 2. The highest BCUT2D eigenvalue weighted by Crippen LogP contribution is 2.17. The molecule has 0 radical (unpaired) electrons. The van der Waals surface area contributed by atoms with Gasteiger partial charge >= 0.3 is 0 Å². The maximum atomic E-state index is 11.9. The van der Waals surface area contributed by atoms with E-state index in [9.17, 15) is 4.79 Å². The van der Waals surface area contributed by atoms with Crippen LogP contribution in [0.2, 0.25) is 0 Å². The van der Waals surface area contributed by atoms with E-state index in [4.69, 9.17) is 0 Å². The molecule has 1 aromatic carbocycles. The smallest absolute Gasteiger partial charge is 0.269 e. The molecule has 20 heavy (non-hydrogen) atoms. The van der Waals surface area contributed by atoms with Crippen molar-refractivity contribution in [2.45, 2.75) is 18.2 Å². The fourth-order valence-electron chi connectivity index (χ4n) is 1.89. The first-order valence-electron chi connectivity index (χ1n) is 6.63. The number of hydrogen-bond donors (Lipinski definition) is 1. The molecule has 4 nitrogen and oxygen atoms in total. The van der Waals surface area contributed by atoms with Crippen molar-refractivity contribution in [1.82, 2.24) is 15.1 Å². The van der Waals surface area contributed by atoms with Crippen LogP contribution in [0.1, 0.15) is 22.6 Å². The van der Waals surface area contributed by atoms with E-state index in [2.05, 4.69) is 22.5 Å². The van der Waals surface area contributed by atoms with E-state index in [0.717, 1.165) is 17.9 Å². The molecule has 106 valence electrons. The van der Waals surface area contributed by atoms with Crippen molar-refractivity contribution < 1.29 is 4.79 Å². The standard InChI is InChI=1S/C15H19N3OS/c1-12-11-14(18(2)17-12)15(19)16-9-6-10-20-13-7-4-3-5-8-13/h3-5,7-8,11H,6,9-10H2,1-2H3,(H,16,19). The highest BCUT2D eigenvalue weighted by atomic mass is 32.2. The van der Waals surface area contributed by atoms with Crippen LogP contribution in [0.15, 0.2) is 41.3 Å². The van der Waals surface area contributed by atoms with Crippen molar-refractivity contribution in [3.05, 3.63) is 47.8 Å². The van der Waals surface area contributed by atoms with E-state index in [1.54, 1.807) is 29.6 Å². The molecule has 0 fully saturated rings. The van der Waals surface area contributed by atoms with Crippen LogP contribution in [-0.4, -0.2) is 28.0 Å². The number of nitrogens with zero attached hydrogens (tertiary/aromatic N) is 2. The second-order valence-electron chi connectivity index (χ2n) is 4.57. The minimum absolute atomic E-state index is 0.0576. The number of benzene rings is 1. The van der Waals surface area contributed by atoms with Gasteiger partial charge in [0.15, 0.2) is 0 Å². The summed E-state index contributed by atoms with van der Waals surface area (Å²) in [6.45, 7) is 2.57. The van der Waals surface area contributed by atoms with Crippen LogP contribution in [0.3, 0.4) is 0 Å². The molecule has 2 aromatic rings. The van der Waals surface area contributed by atoms with E-state index in [0.29, 0.717) is 12.2 Å². The van der Waals surface area contributed by atoms with Gasteiger partial charge in [-0.15, -0.1) is 11.8 Å². The minimum Gasteiger partial charge on any atom is -0.351 e. The summed E-state index contributed by atoms with van der Waals surface area (Å²) >= 11 is 1.81. The number of carbonyl (C=O) groups is 1. The molecule has 1 heterocycles. The zero-order valence-corrected chi connectivity index (χ0v) is 12.6. The maximum Gasteiger partial charge on any atom is 0.269 e. The van der Waals surface area contributed by atoms with Gasteiger partial charge in [0.2, 0.25) is 0 Å². The van der Waals surface area contributed by atoms with Crippen LogP contribution in [0.25, 0.3) is 0 Å². The maximum absolute atomic E-state index is 11.9. The number of rotatable bonds is 6. The van der Waals surface area contributed by atoms with Crippen molar-refractivity contribution in [3.63, 3.8) is 0 Å². The molecule has 0 saturated carbocycles. The first kappa shape index (κ1) is 14.7. The van der Waals surface area contributed by atoms with Gasteiger partial charge < -0.3 is 5.32 Å². The van der Waals surface area contributed by atoms with Gasteiger partial charge in [-0.3, -0.25) is 9.48 Å². The molecule has 0 aliphatic rings. The number of aromatic nitrogens is 2. The van der Waals surface area contributed by atoms with Gasteiger partial charge in [0.1, 0.15) is 5.69 Å². The number of thioether (sulfide) groups is 1. The SMILES string of the molecule is Cc1cc(C(=O)NCCCSc2ccccc2)n(C)n1. The third-order valence-corrected chi connectivity index (χ3v) is 3.95. The Labute approximate surface area is 123 Å². The zero-order chi connectivity index (χ0) is 14.4. The molecule has 1 N–H and O–H groups in total. The average Bonchev–Trinajstić information content (AvgIpc) is 2.78. The lowest BCUT2D eigenvalue weighted by Gasteiger charge is -2.05. The second kappa shape index (κ2) is 7.14. The zero-order valence-electron chi connectivity index (χ0n) is 11.8. The largest absolute Gasteiger partial charge is 0.351 e. The molecule has 1 amide bonds. The predicted molar refractivity (Wildman–Crippen MR) is 82.1 cm³/mol. The normalized spacial score (nSPS) is 10.5. The molecule has 0 unspecified atom stereocenters. The third-order valence-electron chi connectivity index (χ3n) is 2.85. The van der Waals surface area contributed by atoms with E-state index in [1.165, 1.54) is 4.90 Å². The van der Waals surface area contributed by atoms with E-state index in [1.807, 2.05) is 25.1 Å². The van der Waals surface area contributed by atoms with Crippen LogP contribution in [0.5, 0.6) is 0 Å². The summed E-state index contributed by atoms with van der Waals surface area (Å²) < 4.78 is 1.61. The topological polar surface area (TPSA) is 46.9 Å². The Kier molecular flexibility index (Phi) is 5.24. The molecule has 0 bridgehead atoms. The number of nitrogens with one attached hydrogen (secondary N) is 1. The van der Waals surface area contributed by atoms with Gasteiger partial charge in [-0.25, -0.2) is 0 Å². The van der Waals surface area contributed by atoms with Crippen molar-refractivity contribution in [2.75, 3.05) is 12.3 Å². The number of carbonyl (C=O) groups excluding carboxylic acids is 1. The van der Waals surface area contributed by atoms with Gasteiger partial charge in [-0.2, -0.15) is 5.10 Å². The molecule has 0 aliphatic carbocycles. The van der Waals surface area contributed by atoms with Crippen molar-refractivity contribution in [1.29, 1.82) is 0 Å². The number of amides is 1. The molecule has 0 saturated heterocycles. The first-order chi connectivity index (χ1) is 9.66. The van der Waals surface area contributed by atoms with Crippen LogP contribution >= 0.6 is 11.8 Å². The Balaban J connectivity index is 1.68. The molecule has 0 aliphatic heterocycles. The van der Waals surface area contributed by atoms with Crippen LogP contribution in [0, 0.1) is 6.92 Å². The van der Waals surface area contributed by atoms with E-state index < -0.39 is 0 Å².